The van der Waals surface area contributed by atoms with Gasteiger partial charge in [-0.3, -0.25) is 4.79 Å². The Kier molecular flexibility index (Phi) is 6.71. The number of aromatic nitrogens is 2. The summed E-state index contributed by atoms with van der Waals surface area (Å²) in [5, 5.41) is 5.44. The zero-order valence-electron chi connectivity index (χ0n) is 17.5. The summed E-state index contributed by atoms with van der Waals surface area (Å²) < 4.78 is 29.0. The van der Waals surface area contributed by atoms with Crippen LogP contribution in [0.2, 0.25) is 0 Å². The van der Waals surface area contributed by atoms with Gasteiger partial charge in [-0.05, 0) is 51.1 Å². The second-order valence-corrected chi connectivity index (χ2v) is 9.10. The average Bonchev–Trinajstić information content (AvgIpc) is 3.09. The zero-order valence-corrected chi connectivity index (χ0v) is 18.4. The van der Waals surface area contributed by atoms with E-state index in [0.717, 1.165) is 5.52 Å². The number of hydrogen-bond donors (Lipinski definition) is 3. The number of fused-ring (bicyclic) bond motifs is 1. The van der Waals surface area contributed by atoms with E-state index in [0.29, 0.717) is 29.9 Å². The van der Waals surface area contributed by atoms with E-state index in [2.05, 4.69) is 20.3 Å². The molecule has 3 N–H and O–H groups in total. The maximum absolute atomic E-state index is 12.3. The van der Waals surface area contributed by atoms with E-state index in [-0.39, 0.29) is 16.7 Å². The number of sulfonamides is 1. The van der Waals surface area contributed by atoms with Crippen LogP contribution in [0.1, 0.15) is 31.1 Å². The van der Waals surface area contributed by atoms with Crippen molar-refractivity contribution in [1.82, 2.24) is 19.6 Å². The number of Topliss-reactive ketones (excluding diaryl/α,β-unsaturated/α-hetero) is 1. The van der Waals surface area contributed by atoms with Gasteiger partial charge in [0.1, 0.15) is 0 Å². The van der Waals surface area contributed by atoms with E-state index in [1.165, 1.54) is 19.1 Å². The van der Waals surface area contributed by atoms with Gasteiger partial charge < -0.3 is 15.2 Å². The van der Waals surface area contributed by atoms with Crippen molar-refractivity contribution in [3.8, 4) is 0 Å². The third-order valence-corrected chi connectivity index (χ3v) is 6.12. The maximum Gasteiger partial charge on any atom is 0.319 e. The van der Waals surface area contributed by atoms with Crippen molar-refractivity contribution in [2.45, 2.75) is 38.3 Å². The number of carbonyl (C=O) groups is 2. The molecule has 1 aromatic heterocycles. The van der Waals surface area contributed by atoms with Crippen molar-refractivity contribution < 1.29 is 18.0 Å². The highest BCUT2D eigenvalue weighted by atomic mass is 32.2. The molecule has 9 nitrogen and oxygen atoms in total. The normalized spacial score (nSPS) is 11.6. The number of urea groups is 1. The van der Waals surface area contributed by atoms with Crippen molar-refractivity contribution in [3.63, 3.8) is 0 Å². The first-order chi connectivity index (χ1) is 14.7. The van der Waals surface area contributed by atoms with E-state index >= 15 is 0 Å². The molecule has 0 saturated carbocycles. The Morgan fingerprint density at radius 2 is 1.90 bits per heavy atom. The van der Waals surface area contributed by atoms with Crippen molar-refractivity contribution >= 4 is 38.6 Å². The van der Waals surface area contributed by atoms with Gasteiger partial charge in [0.2, 0.25) is 10.0 Å². The van der Waals surface area contributed by atoms with Gasteiger partial charge in [-0.25, -0.2) is 22.9 Å². The van der Waals surface area contributed by atoms with Crippen LogP contribution >= 0.6 is 0 Å². The highest BCUT2D eigenvalue weighted by Gasteiger charge is 2.17. The lowest BCUT2D eigenvalue weighted by molar-refractivity contribution is 0.101. The van der Waals surface area contributed by atoms with Crippen LogP contribution in [-0.4, -0.2) is 42.4 Å². The first kappa shape index (κ1) is 22.4. The number of carbonyl (C=O) groups excluding carboxylic acids is 2. The molecule has 0 saturated heterocycles. The molecular weight excluding hydrogens is 418 g/mol. The average molecular weight is 444 g/mol. The largest absolute Gasteiger partial charge is 0.336 e. The number of nitrogens with one attached hydrogen (secondary N) is 3. The van der Waals surface area contributed by atoms with E-state index in [4.69, 9.17) is 0 Å². The number of rotatable bonds is 8. The summed E-state index contributed by atoms with van der Waals surface area (Å²) in [5.74, 6) is -0.0769. The summed E-state index contributed by atoms with van der Waals surface area (Å²) in [6.07, 6.45) is 1.60. The molecule has 2 amide bonds. The van der Waals surface area contributed by atoms with Crippen LogP contribution in [0.4, 0.5) is 10.5 Å². The first-order valence-electron chi connectivity index (χ1n) is 9.79. The second kappa shape index (κ2) is 9.27. The van der Waals surface area contributed by atoms with Crippen LogP contribution in [0.25, 0.3) is 11.0 Å². The predicted molar refractivity (Wildman–Crippen MR) is 119 cm³/mol. The molecule has 0 aliphatic carbocycles. The van der Waals surface area contributed by atoms with Crippen LogP contribution in [0.5, 0.6) is 0 Å². The molecule has 0 radical (unpaired) electrons. The number of amides is 2. The van der Waals surface area contributed by atoms with Crippen molar-refractivity contribution in [3.05, 3.63) is 54.4 Å². The standard InChI is InChI=1S/C21H25N5O4S/c1-14(2)25-31(29,30)18-7-8-20-19(12-18)23-13-26(20)10-9-22-21(28)24-17-6-4-5-16(11-17)15(3)27/h4-8,11-14,25H,9-10H2,1-3H3,(H2,22,24,28). The van der Waals surface area contributed by atoms with Gasteiger partial charge in [0.15, 0.2) is 5.78 Å². The predicted octanol–water partition coefficient (Wildman–Crippen LogP) is 2.75. The number of anilines is 1. The molecule has 164 valence electrons. The fraction of sp³-hybridized carbons (Fsp3) is 0.286. The molecule has 0 atom stereocenters. The Hall–Kier alpha value is -3.24. The van der Waals surface area contributed by atoms with Crippen molar-refractivity contribution in [2.24, 2.45) is 0 Å². The summed E-state index contributed by atoms with van der Waals surface area (Å²) in [5.41, 5.74) is 2.37. The van der Waals surface area contributed by atoms with Crippen molar-refractivity contribution in [2.75, 3.05) is 11.9 Å². The lowest BCUT2D eigenvalue weighted by atomic mass is 10.1. The Balaban J connectivity index is 1.61. The monoisotopic (exact) mass is 443 g/mol. The molecule has 3 rings (SSSR count). The van der Waals surface area contributed by atoms with Gasteiger partial charge in [-0.1, -0.05) is 12.1 Å². The van der Waals surface area contributed by atoms with Crippen molar-refractivity contribution in [1.29, 1.82) is 0 Å². The third-order valence-electron chi connectivity index (χ3n) is 4.46. The summed E-state index contributed by atoms with van der Waals surface area (Å²) >= 11 is 0. The molecule has 3 aromatic rings. The van der Waals surface area contributed by atoms with Crippen LogP contribution < -0.4 is 15.4 Å². The van der Waals surface area contributed by atoms with Crippen LogP contribution in [0.3, 0.4) is 0 Å². The van der Waals surface area contributed by atoms with Gasteiger partial charge in [-0.15, -0.1) is 0 Å². The van der Waals surface area contributed by atoms with E-state index in [9.17, 15) is 18.0 Å². The lowest BCUT2D eigenvalue weighted by Gasteiger charge is -2.10. The molecule has 0 aliphatic heterocycles. The molecule has 0 spiro atoms. The molecule has 1 heterocycles. The smallest absolute Gasteiger partial charge is 0.319 e. The number of benzene rings is 2. The van der Waals surface area contributed by atoms with Gasteiger partial charge in [0.25, 0.3) is 0 Å². The highest BCUT2D eigenvalue weighted by molar-refractivity contribution is 7.89. The lowest BCUT2D eigenvalue weighted by Crippen LogP contribution is -2.31. The topological polar surface area (TPSA) is 122 Å². The summed E-state index contributed by atoms with van der Waals surface area (Å²) in [6, 6.07) is 10.9. The van der Waals surface area contributed by atoms with E-state index in [1.807, 2.05) is 4.57 Å². The number of ketones is 1. The van der Waals surface area contributed by atoms with Gasteiger partial charge >= 0.3 is 6.03 Å². The Bertz CT molecular complexity index is 1220. The number of imidazole rings is 1. The van der Waals surface area contributed by atoms with E-state index < -0.39 is 16.1 Å². The SMILES string of the molecule is CC(=O)c1cccc(NC(=O)NCCn2cnc3cc(S(=O)(=O)NC(C)C)ccc32)c1. The van der Waals surface area contributed by atoms with Crippen LogP contribution in [-0.2, 0) is 16.6 Å². The quantitative estimate of drug-likeness (QED) is 0.462. The van der Waals surface area contributed by atoms with Crippen LogP contribution in [0, 0.1) is 0 Å². The van der Waals surface area contributed by atoms with Gasteiger partial charge in [-0.2, -0.15) is 0 Å². The molecule has 31 heavy (non-hydrogen) atoms. The first-order valence-corrected chi connectivity index (χ1v) is 11.3. The number of hydrogen-bond acceptors (Lipinski definition) is 5. The second-order valence-electron chi connectivity index (χ2n) is 7.38. The Morgan fingerprint density at radius 3 is 2.61 bits per heavy atom. The minimum atomic E-state index is -3.59. The molecule has 0 bridgehead atoms. The Labute approximate surface area is 180 Å². The molecular formula is C21H25N5O4S. The molecule has 2 aromatic carbocycles. The van der Waals surface area contributed by atoms with Gasteiger partial charge in [0, 0.05) is 30.4 Å². The number of nitrogens with zero attached hydrogens (tertiary/aromatic N) is 2. The molecule has 0 aliphatic rings. The maximum atomic E-state index is 12.3. The zero-order chi connectivity index (χ0) is 22.6. The summed E-state index contributed by atoms with van der Waals surface area (Å²) in [7, 11) is -3.59. The minimum Gasteiger partial charge on any atom is -0.336 e. The Morgan fingerprint density at radius 1 is 1.13 bits per heavy atom. The fourth-order valence-electron chi connectivity index (χ4n) is 3.05. The summed E-state index contributed by atoms with van der Waals surface area (Å²) in [4.78, 5) is 28.0. The van der Waals surface area contributed by atoms with Crippen LogP contribution in [0.15, 0.2) is 53.7 Å². The highest BCUT2D eigenvalue weighted by Crippen LogP contribution is 2.18. The molecule has 0 fully saturated rings. The molecule has 10 heteroatoms. The van der Waals surface area contributed by atoms with Gasteiger partial charge in [0.05, 0.1) is 22.3 Å². The third kappa shape index (κ3) is 5.68. The molecule has 0 unspecified atom stereocenters. The summed E-state index contributed by atoms with van der Waals surface area (Å²) in [6.45, 7) is 5.77. The van der Waals surface area contributed by atoms with E-state index in [1.54, 1.807) is 50.5 Å². The fourth-order valence-corrected chi connectivity index (χ4v) is 4.32. The minimum absolute atomic E-state index is 0.0769.